The van der Waals surface area contributed by atoms with Crippen LogP contribution in [-0.2, 0) is 6.42 Å². The van der Waals surface area contributed by atoms with E-state index < -0.39 is 0 Å². The molecule has 3 aromatic rings. The van der Waals surface area contributed by atoms with Crippen molar-refractivity contribution in [2.75, 3.05) is 6.61 Å². The Morgan fingerprint density at radius 2 is 1.78 bits per heavy atom. The highest BCUT2D eigenvalue weighted by molar-refractivity contribution is 5.91. The van der Waals surface area contributed by atoms with Crippen LogP contribution in [0.25, 0.3) is 22.2 Å². The van der Waals surface area contributed by atoms with Crippen LogP contribution in [-0.4, -0.2) is 11.6 Å². The normalized spacial score (nSPS) is 11.1. The van der Waals surface area contributed by atoms with Crippen molar-refractivity contribution in [2.45, 2.75) is 40.0 Å². The molecule has 2 heteroatoms. The fraction of sp³-hybridized carbons (Fsp3) is 0.333. The van der Waals surface area contributed by atoms with Crippen molar-refractivity contribution in [1.29, 1.82) is 0 Å². The maximum atomic E-state index is 5.75. The number of fused-ring (bicyclic) bond motifs is 1. The summed E-state index contributed by atoms with van der Waals surface area (Å²) >= 11 is 0. The van der Waals surface area contributed by atoms with Gasteiger partial charge in [-0.25, -0.2) is 0 Å². The number of H-pyrrole nitrogens is 1. The summed E-state index contributed by atoms with van der Waals surface area (Å²) in [7, 11) is 0. The monoisotopic (exact) mass is 307 g/mol. The number of hydrogen-bond donors (Lipinski definition) is 1. The molecular weight excluding hydrogens is 282 g/mol. The quantitative estimate of drug-likeness (QED) is 0.565. The van der Waals surface area contributed by atoms with E-state index in [-0.39, 0.29) is 0 Å². The topological polar surface area (TPSA) is 25.0 Å². The standard InChI is InChI=1S/C21H25NO/c1-4-6-13-23-18-10-8-17(9-11-18)21-15(3)19-14-16(5-2)7-12-20(19)22-21/h7-12,14,22H,4-6,13H2,1-3H3. The smallest absolute Gasteiger partial charge is 0.119 e. The number of aromatic amines is 1. The molecule has 0 aliphatic rings. The number of aryl methyl sites for hydroxylation is 2. The number of nitrogens with one attached hydrogen (secondary N) is 1. The third-order valence-electron chi connectivity index (χ3n) is 4.44. The summed E-state index contributed by atoms with van der Waals surface area (Å²) in [5.41, 5.74) is 6.31. The number of hydrogen-bond acceptors (Lipinski definition) is 1. The first-order chi connectivity index (χ1) is 11.2. The van der Waals surface area contributed by atoms with Crippen LogP contribution < -0.4 is 4.74 Å². The second kappa shape index (κ2) is 6.91. The molecule has 0 saturated carbocycles. The van der Waals surface area contributed by atoms with Crippen molar-refractivity contribution < 1.29 is 4.74 Å². The second-order valence-electron chi connectivity index (χ2n) is 6.08. The Labute approximate surface area is 138 Å². The number of unbranched alkanes of at least 4 members (excludes halogenated alkanes) is 1. The molecular formula is C21H25NO. The minimum Gasteiger partial charge on any atom is -0.494 e. The first-order valence-electron chi connectivity index (χ1n) is 8.57. The average molecular weight is 307 g/mol. The lowest BCUT2D eigenvalue weighted by Gasteiger charge is -2.06. The second-order valence-corrected chi connectivity index (χ2v) is 6.08. The highest BCUT2D eigenvalue weighted by atomic mass is 16.5. The zero-order valence-electron chi connectivity index (χ0n) is 14.3. The predicted octanol–water partition coefficient (Wildman–Crippen LogP) is 5.88. The van der Waals surface area contributed by atoms with E-state index in [1.54, 1.807) is 0 Å². The molecule has 0 atom stereocenters. The Morgan fingerprint density at radius 3 is 2.48 bits per heavy atom. The molecule has 0 saturated heterocycles. The molecule has 3 rings (SSSR count). The molecule has 1 N–H and O–H groups in total. The zero-order chi connectivity index (χ0) is 16.2. The first-order valence-corrected chi connectivity index (χ1v) is 8.57. The maximum Gasteiger partial charge on any atom is 0.119 e. The summed E-state index contributed by atoms with van der Waals surface area (Å²) in [6, 6.07) is 15.1. The number of benzene rings is 2. The third-order valence-corrected chi connectivity index (χ3v) is 4.44. The van der Waals surface area contributed by atoms with Crippen LogP contribution in [0.5, 0.6) is 5.75 Å². The summed E-state index contributed by atoms with van der Waals surface area (Å²) in [5, 5.41) is 1.32. The van der Waals surface area contributed by atoms with E-state index >= 15 is 0 Å². The van der Waals surface area contributed by atoms with Gasteiger partial charge in [0.05, 0.1) is 6.61 Å². The van der Waals surface area contributed by atoms with Gasteiger partial charge >= 0.3 is 0 Å². The lowest BCUT2D eigenvalue weighted by atomic mass is 10.0. The van der Waals surface area contributed by atoms with Crippen LogP contribution in [0, 0.1) is 6.92 Å². The summed E-state index contributed by atoms with van der Waals surface area (Å²) in [5.74, 6) is 0.948. The van der Waals surface area contributed by atoms with Gasteiger partial charge in [0, 0.05) is 16.6 Å². The summed E-state index contributed by atoms with van der Waals surface area (Å²) < 4.78 is 5.75. The van der Waals surface area contributed by atoms with E-state index in [1.807, 2.05) is 0 Å². The van der Waals surface area contributed by atoms with Gasteiger partial charge in [0.2, 0.25) is 0 Å². The van der Waals surface area contributed by atoms with Gasteiger partial charge in [-0.3, -0.25) is 0 Å². The third kappa shape index (κ3) is 3.26. The lowest BCUT2D eigenvalue weighted by molar-refractivity contribution is 0.309. The molecule has 0 bridgehead atoms. The van der Waals surface area contributed by atoms with Crippen LogP contribution in [0.1, 0.15) is 37.8 Å². The molecule has 0 unspecified atom stereocenters. The molecule has 1 heterocycles. The summed E-state index contributed by atoms with van der Waals surface area (Å²) in [6.45, 7) is 7.36. The number of ether oxygens (including phenoxy) is 1. The Morgan fingerprint density at radius 1 is 1.00 bits per heavy atom. The Balaban J connectivity index is 1.89. The van der Waals surface area contributed by atoms with Gasteiger partial charge in [-0.05, 0) is 72.9 Å². The van der Waals surface area contributed by atoms with Crippen LogP contribution in [0.15, 0.2) is 42.5 Å². The van der Waals surface area contributed by atoms with Crippen LogP contribution in [0.2, 0.25) is 0 Å². The molecule has 1 aromatic heterocycles. The van der Waals surface area contributed by atoms with Gasteiger partial charge in [0.1, 0.15) is 5.75 Å². The van der Waals surface area contributed by atoms with Crippen LogP contribution in [0.3, 0.4) is 0 Å². The highest BCUT2D eigenvalue weighted by Gasteiger charge is 2.10. The Bertz CT molecular complexity index is 783. The van der Waals surface area contributed by atoms with E-state index in [4.69, 9.17) is 4.74 Å². The van der Waals surface area contributed by atoms with E-state index in [1.165, 1.54) is 33.3 Å². The molecule has 0 aliphatic heterocycles. The first kappa shape index (κ1) is 15.7. The van der Waals surface area contributed by atoms with Gasteiger partial charge in [0.25, 0.3) is 0 Å². The molecule has 0 spiro atoms. The number of aromatic nitrogens is 1. The SMILES string of the molecule is CCCCOc1ccc(-c2[nH]c3ccc(CC)cc3c2C)cc1. The fourth-order valence-corrected chi connectivity index (χ4v) is 2.93. The van der Waals surface area contributed by atoms with Crippen molar-refractivity contribution in [3.63, 3.8) is 0 Å². The lowest BCUT2D eigenvalue weighted by Crippen LogP contribution is -1.96. The fourth-order valence-electron chi connectivity index (χ4n) is 2.93. The van der Waals surface area contributed by atoms with Crippen molar-refractivity contribution in [3.05, 3.63) is 53.6 Å². The molecule has 120 valence electrons. The minimum absolute atomic E-state index is 0.793. The Kier molecular flexibility index (Phi) is 4.71. The molecule has 0 amide bonds. The number of rotatable bonds is 6. The zero-order valence-corrected chi connectivity index (χ0v) is 14.3. The molecule has 0 aliphatic carbocycles. The van der Waals surface area contributed by atoms with Crippen molar-refractivity contribution in [2.24, 2.45) is 0 Å². The molecule has 0 fully saturated rings. The predicted molar refractivity (Wildman–Crippen MR) is 98.3 cm³/mol. The minimum atomic E-state index is 0.793. The van der Waals surface area contributed by atoms with Crippen molar-refractivity contribution in [3.8, 4) is 17.0 Å². The van der Waals surface area contributed by atoms with E-state index in [0.29, 0.717) is 0 Å². The molecule has 2 nitrogen and oxygen atoms in total. The van der Waals surface area contributed by atoms with Crippen LogP contribution >= 0.6 is 0 Å². The van der Waals surface area contributed by atoms with Crippen molar-refractivity contribution in [1.82, 2.24) is 4.98 Å². The molecule has 0 radical (unpaired) electrons. The Hall–Kier alpha value is -2.22. The van der Waals surface area contributed by atoms with Crippen molar-refractivity contribution >= 4 is 10.9 Å². The van der Waals surface area contributed by atoms with Gasteiger partial charge in [0.15, 0.2) is 0 Å². The summed E-state index contributed by atoms with van der Waals surface area (Å²) in [4.78, 5) is 3.56. The van der Waals surface area contributed by atoms with Gasteiger partial charge in [-0.2, -0.15) is 0 Å². The summed E-state index contributed by atoms with van der Waals surface area (Å²) in [6.07, 6.45) is 3.33. The largest absolute Gasteiger partial charge is 0.494 e. The van der Waals surface area contributed by atoms with Gasteiger partial charge in [-0.15, -0.1) is 0 Å². The van der Waals surface area contributed by atoms with Gasteiger partial charge < -0.3 is 9.72 Å². The maximum absolute atomic E-state index is 5.75. The highest BCUT2D eigenvalue weighted by Crippen LogP contribution is 2.31. The van der Waals surface area contributed by atoms with E-state index in [9.17, 15) is 0 Å². The average Bonchev–Trinajstić information content (AvgIpc) is 2.92. The van der Waals surface area contributed by atoms with E-state index in [0.717, 1.165) is 31.6 Å². The molecule has 2 aromatic carbocycles. The van der Waals surface area contributed by atoms with E-state index in [2.05, 4.69) is 68.2 Å². The molecule has 23 heavy (non-hydrogen) atoms. The van der Waals surface area contributed by atoms with Gasteiger partial charge in [-0.1, -0.05) is 26.3 Å². The van der Waals surface area contributed by atoms with Crippen LogP contribution in [0.4, 0.5) is 0 Å².